The van der Waals surface area contributed by atoms with Gasteiger partial charge in [0.05, 0.1) is 14.2 Å². The fourth-order valence-corrected chi connectivity index (χ4v) is 2.96. The lowest BCUT2D eigenvalue weighted by Crippen LogP contribution is -2.13. The molecule has 0 aliphatic heterocycles. The average molecular weight is 356 g/mol. The maximum Gasteiger partial charge on any atom is 0.411 e. The zero-order valence-electron chi connectivity index (χ0n) is 15.9. The highest BCUT2D eigenvalue weighted by atomic mass is 16.5. The first-order valence-electron chi connectivity index (χ1n) is 8.19. The third-order valence-electron chi connectivity index (χ3n) is 4.22. The number of benzene rings is 2. The Morgan fingerprint density at radius 3 is 1.15 bits per heavy atom. The topological polar surface area (TPSA) is 76.7 Å². The number of methoxy groups -OCH3 is 2. The van der Waals surface area contributed by atoms with Crippen LogP contribution < -0.4 is 10.6 Å². The standard InChI is InChI=1S/C20H24N2O4/c1-11-7-15(8-12(2)17(11)21-19(23)25-5)16-9-13(3)18(14(4)10-16)22-20(24)26-6/h7-10H,1-6H3,(H,21,23)(H,22,24). The Morgan fingerprint density at radius 2 is 0.923 bits per heavy atom. The van der Waals surface area contributed by atoms with E-state index in [0.717, 1.165) is 44.8 Å². The molecule has 0 aliphatic carbocycles. The van der Waals surface area contributed by atoms with Crippen LogP contribution in [-0.4, -0.2) is 26.4 Å². The summed E-state index contributed by atoms with van der Waals surface area (Å²) in [6, 6.07) is 8.06. The van der Waals surface area contributed by atoms with Crippen LogP contribution in [0.5, 0.6) is 0 Å². The van der Waals surface area contributed by atoms with Crippen molar-refractivity contribution in [1.82, 2.24) is 0 Å². The highest BCUT2D eigenvalue weighted by Crippen LogP contribution is 2.32. The van der Waals surface area contributed by atoms with E-state index in [1.54, 1.807) is 0 Å². The number of nitrogens with one attached hydrogen (secondary N) is 2. The summed E-state index contributed by atoms with van der Waals surface area (Å²) in [5.74, 6) is 0. The molecule has 2 aromatic carbocycles. The Labute approximate surface area is 153 Å². The minimum atomic E-state index is -0.492. The van der Waals surface area contributed by atoms with E-state index in [1.165, 1.54) is 14.2 Å². The molecule has 0 fully saturated rings. The molecule has 2 aromatic rings. The van der Waals surface area contributed by atoms with E-state index in [1.807, 2.05) is 52.0 Å². The van der Waals surface area contributed by atoms with Gasteiger partial charge >= 0.3 is 12.2 Å². The van der Waals surface area contributed by atoms with Gasteiger partial charge in [-0.3, -0.25) is 10.6 Å². The molecule has 0 saturated carbocycles. The van der Waals surface area contributed by atoms with Gasteiger partial charge in [0.15, 0.2) is 0 Å². The monoisotopic (exact) mass is 356 g/mol. The van der Waals surface area contributed by atoms with E-state index in [9.17, 15) is 9.59 Å². The summed E-state index contributed by atoms with van der Waals surface area (Å²) in [7, 11) is 2.67. The molecule has 0 bridgehead atoms. The first-order chi connectivity index (χ1) is 12.3. The highest BCUT2D eigenvalue weighted by molar-refractivity contribution is 5.89. The van der Waals surface area contributed by atoms with Crippen molar-refractivity contribution in [2.45, 2.75) is 27.7 Å². The second kappa shape index (κ2) is 7.91. The van der Waals surface area contributed by atoms with Gasteiger partial charge in [0.25, 0.3) is 0 Å². The lowest BCUT2D eigenvalue weighted by Gasteiger charge is -2.16. The minimum Gasteiger partial charge on any atom is -0.453 e. The van der Waals surface area contributed by atoms with Gasteiger partial charge < -0.3 is 9.47 Å². The zero-order chi connectivity index (χ0) is 19.4. The van der Waals surface area contributed by atoms with E-state index < -0.39 is 12.2 Å². The van der Waals surface area contributed by atoms with Crippen molar-refractivity contribution in [3.05, 3.63) is 46.5 Å². The predicted octanol–water partition coefficient (Wildman–Crippen LogP) is 4.94. The molecule has 0 saturated heterocycles. The van der Waals surface area contributed by atoms with E-state index in [0.29, 0.717) is 0 Å². The molecule has 2 N–H and O–H groups in total. The van der Waals surface area contributed by atoms with Crippen LogP contribution in [0.25, 0.3) is 11.1 Å². The van der Waals surface area contributed by atoms with Crippen molar-refractivity contribution < 1.29 is 19.1 Å². The Balaban J connectivity index is 2.43. The number of rotatable bonds is 3. The fourth-order valence-electron chi connectivity index (χ4n) is 2.96. The lowest BCUT2D eigenvalue weighted by atomic mass is 9.95. The molecule has 0 heterocycles. The minimum absolute atomic E-state index is 0.492. The Kier molecular flexibility index (Phi) is 5.87. The van der Waals surface area contributed by atoms with Crippen molar-refractivity contribution >= 4 is 23.6 Å². The number of aryl methyl sites for hydroxylation is 4. The summed E-state index contributed by atoms with van der Waals surface area (Å²) >= 11 is 0. The molecule has 0 unspecified atom stereocenters. The molecular weight excluding hydrogens is 332 g/mol. The van der Waals surface area contributed by atoms with Gasteiger partial charge in [-0.15, -0.1) is 0 Å². The molecule has 6 nitrogen and oxygen atoms in total. The number of carbonyl (C=O) groups excluding carboxylic acids is 2. The SMILES string of the molecule is COC(=O)Nc1c(C)cc(-c2cc(C)c(NC(=O)OC)c(C)c2)cc1C. The van der Waals surface area contributed by atoms with Crippen LogP contribution in [-0.2, 0) is 9.47 Å². The van der Waals surface area contributed by atoms with Gasteiger partial charge in [-0.25, -0.2) is 9.59 Å². The molecule has 0 atom stereocenters. The van der Waals surface area contributed by atoms with Gasteiger partial charge in [0.1, 0.15) is 0 Å². The van der Waals surface area contributed by atoms with Crippen LogP contribution in [0.2, 0.25) is 0 Å². The summed E-state index contributed by atoms with van der Waals surface area (Å²) in [6.07, 6.45) is -0.984. The molecule has 0 aliphatic rings. The van der Waals surface area contributed by atoms with Gasteiger partial charge in [-0.05, 0) is 85.3 Å². The number of hydrogen-bond acceptors (Lipinski definition) is 4. The number of amides is 2. The fraction of sp³-hybridized carbons (Fsp3) is 0.300. The van der Waals surface area contributed by atoms with E-state index in [2.05, 4.69) is 20.1 Å². The molecule has 0 aromatic heterocycles. The van der Waals surface area contributed by atoms with Crippen LogP contribution in [0.3, 0.4) is 0 Å². The zero-order valence-corrected chi connectivity index (χ0v) is 15.9. The predicted molar refractivity (Wildman–Crippen MR) is 103 cm³/mol. The Hall–Kier alpha value is -3.02. The van der Waals surface area contributed by atoms with Crippen LogP contribution >= 0.6 is 0 Å². The molecule has 0 spiro atoms. The smallest absolute Gasteiger partial charge is 0.411 e. The van der Waals surface area contributed by atoms with E-state index in [-0.39, 0.29) is 0 Å². The molecule has 26 heavy (non-hydrogen) atoms. The van der Waals surface area contributed by atoms with Crippen molar-refractivity contribution in [3.63, 3.8) is 0 Å². The summed E-state index contributed by atoms with van der Waals surface area (Å²) in [5, 5.41) is 5.49. The van der Waals surface area contributed by atoms with Crippen molar-refractivity contribution in [3.8, 4) is 11.1 Å². The normalized spacial score (nSPS) is 10.2. The molecule has 0 radical (unpaired) electrons. The summed E-state index contributed by atoms with van der Waals surface area (Å²) < 4.78 is 9.34. The second-order valence-electron chi connectivity index (χ2n) is 6.20. The summed E-state index contributed by atoms with van der Waals surface area (Å²) in [5.41, 5.74) is 7.33. The van der Waals surface area contributed by atoms with Gasteiger partial charge in [-0.1, -0.05) is 0 Å². The molecule has 6 heteroatoms. The van der Waals surface area contributed by atoms with Crippen LogP contribution in [0.15, 0.2) is 24.3 Å². The number of carbonyl (C=O) groups is 2. The summed E-state index contributed by atoms with van der Waals surface area (Å²) in [4.78, 5) is 23.0. The first-order valence-corrected chi connectivity index (χ1v) is 8.19. The molecule has 2 rings (SSSR count). The van der Waals surface area contributed by atoms with Crippen LogP contribution in [0, 0.1) is 27.7 Å². The Bertz CT molecular complexity index is 741. The van der Waals surface area contributed by atoms with Gasteiger partial charge in [0, 0.05) is 11.4 Å². The number of hydrogen-bond donors (Lipinski definition) is 2. The Morgan fingerprint density at radius 1 is 0.654 bits per heavy atom. The third-order valence-corrected chi connectivity index (χ3v) is 4.22. The van der Waals surface area contributed by atoms with Gasteiger partial charge in [-0.2, -0.15) is 0 Å². The lowest BCUT2D eigenvalue weighted by molar-refractivity contribution is 0.186. The third kappa shape index (κ3) is 4.14. The van der Waals surface area contributed by atoms with Crippen LogP contribution in [0.1, 0.15) is 22.3 Å². The van der Waals surface area contributed by atoms with Gasteiger partial charge in [0.2, 0.25) is 0 Å². The summed E-state index contributed by atoms with van der Waals surface area (Å²) in [6.45, 7) is 7.76. The first kappa shape index (κ1) is 19.3. The second-order valence-corrected chi connectivity index (χ2v) is 6.20. The van der Waals surface area contributed by atoms with Crippen LogP contribution in [0.4, 0.5) is 21.0 Å². The maximum absolute atomic E-state index is 11.5. The maximum atomic E-state index is 11.5. The average Bonchev–Trinajstić information content (AvgIpc) is 2.60. The van der Waals surface area contributed by atoms with Crippen molar-refractivity contribution in [2.24, 2.45) is 0 Å². The molecular formula is C20H24N2O4. The number of anilines is 2. The highest BCUT2D eigenvalue weighted by Gasteiger charge is 2.13. The molecule has 138 valence electrons. The van der Waals surface area contributed by atoms with Crippen molar-refractivity contribution in [2.75, 3.05) is 24.9 Å². The van der Waals surface area contributed by atoms with E-state index >= 15 is 0 Å². The van der Waals surface area contributed by atoms with Crippen molar-refractivity contribution in [1.29, 1.82) is 0 Å². The van der Waals surface area contributed by atoms with E-state index in [4.69, 9.17) is 0 Å². The quantitative estimate of drug-likeness (QED) is 0.816. The largest absolute Gasteiger partial charge is 0.453 e. The number of ether oxygens (including phenoxy) is 2. The molecule has 2 amide bonds.